The molecule has 1 aromatic carbocycles. The summed E-state index contributed by atoms with van der Waals surface area (Å²) in [4.78, 5) is 9.18. The molecule has 0 saturated carbocycles. The van der Waals surface area contributed by atoms with Crippen LogP contribution in [0.1, 0.15) is 109 Å². The average Bonchev–Trinajstić information content (AvgIpc) is 3.00. The van der Waals surface area contributed by atoms with Crippen molar-refractivity contribution in [3.63, 3.8) is 0 Å². The van der Waals surface area contributed by atoms with Crippen molar-refractivity contribution >= 4 is 12.3 Å². The number of halogens is 3. The summed E-state index contributed by atoms with van der Waals surface area (Å²) in [7, 11) is 1.61. The van der Waals surface area contributed by atoms with Crippen LogP contribution in [0, 0.1) is 0 Å². The van der Waals surface area contributed by atoms with Crippen molar-refractivity contribution in [1.82, 2.24) is 10.2 Å². The fourth-order valence-corrected chi connectivity index (χ4v) is 4.25. The number of methoxy groups -OCH3 is 1. The highest BCUT2D eigenvalue weighted by Crippen LogP contribution is 2.39. The van der Waals surface area contributed by atoms with E-state index >= 15 is 0 Å². The van der Waals surface area contributed by atoms with E-state index in [-0.39, 0.29) is 11.6 Å². The number of carbonyl (C=O) groups excluding carboxylic acids is 1. The smallest absolute Gasteiger partial charge is 0.416 e. The molecule has 0 fully saturated rings. The molecule has 45 heavy (non-hydrogen) atoms. The number of aromatic nitrogens is 2. The summed E-state index contributed by atoms with van der Waals surface area (Å²) in [6.07, 6.45) is 5.64. The molecule has 0 amide bonds. The fraction of sp³-hybridized carbons (Fsp3) is 0.618. The van der Waals surface area contributed by atoms with Crippen LogP contribution in [0.4, 0.5) is 19.0 Å². The zero-order valence-electron chi connectivity index (χ0n) is 28.1. The predicted octanol–water partition coefficient (Wildman–Crippen LogP) is 8.61. The van der Waals surface area contributed by atoms with Gasteiger partial charge in [-0.3, -0.25) is 4.79 Å². The Hall–Kier alpha value is -3.34. The Morgan fingerprint density at radius 1 is 1.04 bits per heavy atom. The van der Waals surface area contributed by atoms with E-state index in [2.05, 4.69) is 54.5 Å². The fourth-order valence-electron chi connectivity index (χ4n) is 4.25. The molecule has 2 rings (SSSR count). The number of aromatic hydroxyl groups is 1. The summed E-state index contributed by atoms with van der Waals surface area (Å²) >= 11 is 0. The maximum Gasteiger partial charge on any atom is 0.416 e. The quantitative estimate of drug-likeness (QED) is 0.109. The summed E-state index contributed by atoms with van der Waals surface area (Å²) in [5.41, 5.74) is 7.74. The molecule has 4 N–H and O–H groups in total. The molecule has 2 aromatic rings. The minimum absolute atomic E-state index is 0.206. The van der Waals surface area contributed by atoms with E-state index < -0.39 is 17.5 Å². The Morgan fingerprint density at radius 2 is 1.73 bits per heavy atom. The molecule has 0 aliphatic rings. The number of hydrogen-bond donors (Lipinski definition) is 3. The highest BCUT2D eigenvalue weighted by atomic mass is 19.4. The largest absolute Gasteiger partial charge is 0.507 e. The van der Waals surface area contributed by atoms with E-state index in [4.69, 9.17) is 10.5 Å². The first-order chi connectivity index (χ1) is 21.4. The molecule has 1 aromatic heterocycles. The number of alkyl halides is 3. The standard InChI is InChI=1S/C27H39F3N4O2.C4H10.C3H6O2/c1-5-7-8-10-20(6-2)32-26-22(14-12-18(3)31)21(11-9-16-36-4)25(33-34-26)23-15-13-19(17-24(23)35)27(28,29)30;1-3-4-2;1-2-5-3-4/h13,15,17,20,35H,3,5-12,14,16,31H2,1-2,4H3,(H,32,34);3-4H2,1-2H3;3H,2H2,1H3. The van der Waals surface area contributed by atoms with Gasteiger partial charge in [0.05, 0.1) is 12.2 Å². The van der Waals surface area contributed by atoms with Gasteiger partial charge in [0.15, 0.2) is 5.82 Å². The number of nitrogens with two attached hydrogens (primary N) is 1. The van der Waals surface area contributed by atoms with Gasteiger partial charge in [-0.2, -0.15) is 13.2 Å². The molecule has 256 valence electrons. The van der Waals surface area contributed by atoms with Crippen molar-refractivity contribution in [2.75, 3.05) is 25.6 Å². The molecular formula is C34H55F3N4O4. The maximum atomic E-state index is 13.2. The van der Waals surface area contributed by atoms with E-state index in [0.29, 0.717) is 62.6 Å². The molecule has 0 aliphatic heterocycles. The number of unbranched alkanes of at least 4 members (excludes halogenated alkanes) is 3. The minimum atomic E-state index is -4.56. The third-order valence-corrected chi connectivity index (χ3v) is 6.96. The van der Waals surface area contributed by atoms with Crippen molar-refractivity contribution in [1.29, 1.82) is 0 Å². The second kappa shape index (κ2) is 24.0. The first kappa shape index (κ1) is 41.7. The van der Waals surface area contributed by atoms with Gasteiger partial charge in [0.25, 0.3) is 6.47 Å². The monoisotopic (exact) mass is 640 g/mol. The second-order valence-corrected chi connectivity index (χ2v) is 10.6. The van der Waals surface area contributed by atoms with E-state index in [9.17, 15) is 23.1 Å². The molecule has 0 aliphatic carbocycles. The summed E-state index contributed by atoms with van der Waals surface area (Å²) in [6.45, 7) is 15.6. The number of ether oxygens (including phenoxy) is 2. The van der Waals surface area contributed by atoms with Gasteiger partial charge in [-0.05, 0) is 69.2 Å². The minimum Gasteiger partial charge on any atom is -0.507 e. The molecule has 11 heteroatoms. The number of nitrogens with one attached hydrogen (secondary N) is 1. The summed E-state index contributed by atoms with van der Waals surface area (Å²) in [5.74, 6) is 0.148. The number of benzene rings is 1. The first-order valence-corrected chi connectivity index (χ1v) is 16.0. The van der Waals surface area contributed by atoms with Crippen LogP contribution < -0.4 is 11.1 Å². The lowest BCUT2D eigenvalue weighted by molar-refractivity contribution is -0.137. The number of anilines is 1. The lowest BCUT2D eigenvalue weighted by Crippen LogP contribution is -2.22. The molecule has 0 saturated heterocycles. The lowest BCUT2D eigenvalue weighted by Gasteiger charge is -2.23. The number of allylic oxidation sites excluding steroid dienone is 1. The van der Waals surface area contributed by atoms with Crippen LogP contribution in [-0.2, 0) is 33.3 Å². The Balaban J connectivity index is 0.00000189. The lowest BCUT2D eigenvalue weighted by atomic mass is 9.93. The van der Waals surface area contributed by atoms with E-state index in [1.54, 1.807) is 14.0 Å². The second-order valence-electron chi connectivity index (χ2n) is 10.6. The Labute approximate surface area is 268 Å². The van der Waals surface area contributed by atoms with Gasteiger partial charge in [0, 0.05) is 36.6 Å². The highest BCUT2D eigenvalue weighted by molar-refractivity contribution is 5.73. The normalized spacial score (nSPS) is 11.4. The van der Waals surface area contributed by atoms with Crippen molar-refractivity contribution in [2.45, 2.75) is 117 Å². The SMILES string of the molecule is C=C(N)CCc1c(NC(CC)CCCCC)nnc(-c2ccc(C(F)(F)F)cc2O)c1CCCOC.CCCC.CCOC=O. The van der Waals surface area contributed by atoms with E-state index in [1.165, 1.54) is 18.9 Å². The van der Waals surface area contributed by atoms with Crippen LogP contribution in [-0.4, -0.2) is 48.1 Å². The Bertz CT molecular complexity index is 1110. The highest BCUT2D eigenvalue weighted by Gasteiger charge is 2.31. The van der Waals surface area contributed by atoms with Gasteiger partial charge in [0.1, 0.15) is 11.4 Å². The molecule has 8 nitrogen and oxygen atoms in total. The van der Waals surface area contributed by atoms with E-state index in [1.807, 2.05) is 0 Å². The molecular weight excluding hydrogens is 585 g/mol. The third kappa shape index (κ3) is 16.5. The molecule has 1 unspecified atom stereocenters. The molecule has 0 radical (unpaired) electrons. The zero-order chi connectivity index (χ0) is 34.3. The van der Waals surface area contributed by atoms with Crippen molar-refractivity contribution in [2.24, 2.45) is 5.73 Å². The number of carbonyl (C=O) groups is 1. The van der Waals surface area contributed by atoms with Crippen LogP contribution in [0.5, 0.6) is 5.75 Å². The van der Waals surface area contributed by atoms with Crippen molar-refractivity contribution in [3.05, 3.63) is 47.2 Å². The van der Waals surface area contributed by atoms with Gasteiger partial charge >= 0.3 is 6.18 Å². The van der Waals surface area contributed by atoms with Crippen LogP contribution in [0.15, 0.2) is 30.5 Å². The molecule has 1 atom stereocenters. The zero-order valence-corrected chi connectivity index (χ0v) is 28.1. The molecule has 1 heterocycles. The predicted molar refractivity (Wildman–Crippen MR) is 176 cm³/mol. The maximum absolute atomic E-state index is 13.2. The van der Waals surface area contributed by atoms with E-state index in [0.717, 1.165) is 55.4 Å². The number of rotatable bonds is 18. The van der Waals surface area contributed by atoms with Gasteiger partial charge in [-0.15, -0.1) is 10.2 Å². The summed E-state index contributed by atoms with van der Waals surface area (Å²) in [5, 5.41) is 22.9. The number of phenols is 1. The first-order valence-electron chi connectivity index (χ1n) is 16.0. The summed E-state index contributed by atoms with van der Waals surface area (Å²) < 4.78 is 48.9. The molecule has 0 spiro atoms. The van der Waals surface area contributed by atoms with Crippen molar-refractivity contribution in [3.8, 4) is 17.0 Å². The molecule has 0 bridgehead atoms. The van der Waals surface area contributed by atoms with Gasteiger partial charge in [-0.25, -0.2) is 0 Å². The van der Waals surface area contributed by atoms with Gasteiger partial charge in [0.2, 0.25) is 0 Å². The number of hydrogen-bond acceptors (Lipinski definition) is 8. The number of nitrogens with zero attached hydrogens (tertiary/aromatic N) is 2. The average molecular weight is 641 g/mol. The van der Waals surface area contributed by atoms with Crippen molar-refractivity contribution < 1.29 is 32.5 Å². The number of phenolic OH excluding ortho intramolecular Hbond substituents is 1. The van der Waals surface area contributed by atoms with Crippen LogP contribution in [0.25, 0.3) is 11.3 Å². The topological polar surface area (TPSA) is 120 Å². The van der Waals surface area contributed by atoms with Crippen LogP contribution >= 0.6 is 0 Å². The van der Waals surface area contributed by atoms with Crippen LogP contribution in [0.2, 0.25) is 0 Å². The van der Waals surface area contributed by atoms with Crippen LogP contribution in [0.3, 0.4) is 0 Å². The van der Waals surface area contributed by atoms with Gasteiger partial charge < -0.3 is 25.6 Å². The Kier molecular flexibility index (Phi) is 22.2. The summed E-state index contributed by atoms with van der Waals surface area (Å²) in [6, 6.07) is 3.14. The third-order valence-electron chi connectivity index (χ3n) is 6.96. The van der Waals surface area contributed by atoms with Gasteiger partial charge in [-0.1, -0.05) is 66.4 Å². The Morgan fingerprint density at radius 3 is 2.20 bits per heavy atom.